The van der Waals surface area contributed by atoms with Gasteiger partial charge in [0.15, 0.2) is 0 Å². The lowest BCUT2D eigenvalue weighted by molar-refractivity contribution is 0.357. The van der Waals surface area contributed by atoms with Crippen LogP contribution in [0.1, 0.15) is 29.2 Å². The summed E-state index contributed by atoms with van der Waals surface area (Å²) in [7, 11) is 0. The number of aromatic nitrogens is 1. The first-order valence-corrected chi connectivity index (χ1v) is 6.73. The summed E-state index contributed by atoms with van der Waals surface area (Å²) in [5.41, 5.74) is 10.1. The van der Waals surface area contributed by atoms with Crippen molar-refractivity contribution in [3.8, 4) is 5.75 Å². The summed E-state index contributed by atoms with van der Waals surface area (Å²) in [6.45, 7) is 0.797. The summed E-state index contributed by atoms with van der Waals surface area (Å²) in [6.07, 6.45) is 6.59. The summed E-state index contributed by atoms with van der Waals surface area (Å²) in [5, 5.41) is 0. The number of nitrogens with zero attached hydrogens (tertiary/aromatic N) is 1. The summed E-state index contributed by atoms with van der Waals surface area (Å²) in [4.78, 5) is 4.02. The molecule has 2 N–H and O–H groups in total. The normalized spacial score (nSPS) is 14.8. The van der Waals surface area contributed by atoms with Gasteiger partial charge >= 0.3 is 0 Å². The largest absolute Gasteiger partial charge is 0.493 e. The number of fused-ring (bicyclic) bond motifs is 1. The van der Waals surface area contributed by atoms with Crippen LogP contribution in [0.25, 0.3) is 0 Å². The molecule has 1 aliphatic heterocycles. The molecule has 0 aliphatic carbocycles. The molecule has 3 rings (SSSR count). The quantitative estimate of drug-likeness (QED) is 0.912. The smallest absolute Gasteiger partial charge is 0.122 e. The Morgan fingerprint density at radius 1 is 1.21 bits per heavy atom. The maximum Gasteiger partial charge on any atom is 0.122 e. The van der Waals surface area contributed by atoms with Crippen LogP contribution in [0.15, 0.2) is 42.7 Å². The number of benzene rings is 1. The topological polar surface area (TPSA) is 48.1 Å². The zero-order valence-corrected chi connectivity index (χ0v) is 10.9. The average Bonchev–Trinajstić information content (AvgIpc) is 2.93. The number of pyridine rings is 1. The van der Waals surface area contributed by atoms with Gasteiger partial charge in [-0.15, -0.1) is 0 Å². The fourth-order valence-electron chi connectivity index (χ4n) is 2.48. The van der Waals surface area contributed by atoms with Gasteiger partial charge in [0.2, 0.25) is 0 Å². The molecule has 0 spiro atoms. The first-order valence-electron chi connectivity index (χ1n) is 6.73. The highest BCUT2D eigenvalue weighted by atomic mass is 16.5. The number of nitrogens with two attached hydrogens (primary N) is 1. The molecule has 19 heavy (non-hydrogen) atoms. The van der Waals surface area contributed by atoms with Crippen molar-refractivity contribution in [1.29, 1.82) is 0 Å². The third-order valence-corrected chi connectivity index (χ3v) is 3.64. The van der Waals surface area contributed by atoms with E-state index in [1.165, 1.54) is 16.7 Å². The molecule has 2 aromatic rings. The van der Waals surface area contributed by atoms with Crippen LogP contribution in [0.5, 0.6) is 5.75 Å². The van der Waals surface area contributed by atoms with Crippen LogP contribution in [0, 0.1) is 0 Å². The van der Waals surface area contributed by atoms with E-state index in [4.69, 9.17) is 10.5 Å². The molecule has 0 fully saturated rings. The third-order valence-electron chi connectivity index (χ3n) is 3.64. The molecule has 0 bridgehead atoms. The van der Waals surface area contributed by atoms with Crippen LogP contribution in [-0.2, 0) is 12.8 Å². The summed E-state index contributed by atoms with van der Waals surface area (Å²) >= 11 is 0. The lowest BCUT2D eigenvalue weighted by Crippen LogP contribution is -2.11. The van der Waals surface area contributed by atoms with Crippen molar-refractivity contribution in [3.63, 3.8) is 0 Å². The molecule has 0 saturated heterocycles. The van der Waals surface area contributed by atoms with E-state index in [0.29, 0.717) is 0 Å². The molecule has 0 amide bonds. The monoisotopic (exact) mass is 254 g/mol. The molecule has 1 aromatic carbocycles. The van der Waals surface area contributed by atoms with Gasteiger partial charge in [-0.2, -0.15) is 0 Å². The zero-order chi connectivity index (χ0) is 13.1. The van der Waals surface area contributed by atoms with E-state index in [1.807, 2.05) is 30.6 Å². The Balaban J connectivity index is 1.65. The SMILES string of the molecule is NC(CCc1ccncc1)c1ccc2c(c1)CCO2. The maximum atomic E-state index is 6.28. The number of hydrogen-bond acceptors (Lipinski definition) is 3. The molecule has 1 unspecified atom stereocenters. The highest BCUT2D eigenvalue weighted by molar-refractivity contribution is 5.40. The molecule has 1 aromatic heterocycles. The lowest BCUT2D eigenvalue weighted by Gasteiger charge is -2.13. The standard InChI is InChI=1S/C16H18N2O/c17-15(3-1-12-5-8-18-9-6-12)13-2-4-16-14(11-13)7-10-19-16/h2,4-6,8-9,11,15H,1,3,7,10,17H2. The van der Waals surface area contributed by atoms with Gasteiger partial charge in [0, 0.05) is 24.9 Å². The Labute approximate surface area is 113 Å². The van der Waals surface area contributed by atoms with Crippen molar-refractivity contribution in [2.24, 2.45) is 5.73 Å². The maximum absolute atomic E-state index is 6.28. The van der Waals surface area contributed by atoms with E-state index in [0.717, 1.165) is 31.6 Å². The summed E-state index contributed by atoms with van der Waals surface area (Å²) < 4.78 is 5.51. The minimum Gasteiger partial charge on any atom is -0.493 e. The zero-order valence-electron chi connectivity index (χ0n) is 10.9. The molecule has 3 nitrogen and oxygen atoms in total. The van der Waals surface area contributed by atoms with Crippen molar-refractivity contribution in [3.05, 3.63) is 59.4 Å². The first-order chi connectivity index (χ1) is 9.33. The molecule has 1 atom stereocenters. The average molecular weight is 254 g/mol. The Kier molecular flexibility index (Phi) is 3.47. The van der Waals surface area contributed by atoms with Crippen LogP contribution in [0.4, 0.5) is 0 Å². The van der Waals surface area contributed by atoms with E-state index in [-0.39, 0.29) is 6.04 Å². The van der Waals surface area contributed by atoms with Crippen molar-refractivity contribution >= 4 is 0 Å². The van der Waals surface area contributed by atoms with E-state index in [1.54, 1.807) is 0 Å². The molecule has 2 heterocycles. The van der Waals surface area contributed by atoms with Crippen LogP contribution in [0.3, 0.4) is 0 Å². The van der Waals surface area contributed by atoms with Crippen molar-refractivity contribution in [2.75, 3.05) is 6.61 Å². The minimum atomic E-state index is 0.0825. The van der Waals surface area contributed by atoms with Gasteiger partial charge < -0.3 is 10.5 Å². The van der Waals surface area contributed by atoms with Gasteiger partial charge in [0.25, 0.3) is 0 Å². The molecule has 98 valence electrons. The minimum absolute atomic E-state index is 0.0825. The molecular weight excluding hydrogens is 236 g/mol. The van der Waals surface area contributed by atoms with Gasteiger partial charge in [0.1, 0.15) is 5.75 Å². The Hall–Kier alpha value is -1.87. The van der Waals surface area contributed by atoms with Gasteiger partial charge in [0.05, 0.1) is 6.61 Å². The van der Waals surface area contributed by atoms with Gasteiger partial charge in [-0.05, 0) is 47.7 Å². The Bertz CT molecular complexity index is 554. The second-order valence-electron chi connectivity index (χ2n) is 4.97. The van der Waals surface area contributed by atoms with E-state index >= 15 is 0 Å². The second kappa shape index (κ2) is 5.41. The van der Waals surface area contributed by atoms with Gasteiger partial charge in [-0.3, -0.25) is 4.98 Å². The molecule has 0 radical (unpaired) electrons. The number of aryl methyl sites for hydroxylation is 1. The van der Waals surface area contributed by atoms with Crippen molar-refractivity contribution in [2.45, 2.75) is 25.3 Å². The Morgan fingerprint density at radius 2 is 2.05 bits per heavy atom. The van der Waals surface area contributed by atoms with Crippen molar-refractivity contribution < 1.29 is 4.74 Å². The van der Waals surface area contributed by atoms with Gasteiger partial charge in [-0.1, -0.05) is 12.1 Å². The van der Waals surface area contributed by atoms with E-state index in [2.05, 4.69) is 17.1 Å². The second-order valence-corrected chi connectivity index (χ2v) is 4.97. The summed E-state index contributed by atoms with van der Waals surface area (Å²) in [6, 6.07) is 10.5. The van der Waals surface area contributed by atoms with E-state index < -0.39 is 0 Å². The first kappa shape index (κ1) is 12.2. The number of rotatable bonds is 4. The van der Waals surface area contributed by atoms with Crippen LogP contribution >= 0.6 is 0 Å². The lowest BCUT2D eigenvalue weighted by atomic mass is 9.98. The van der Waals surface area contributed by atoms with Crippen LogP contribution < -0.4 is 10.5 Å². The van der Waals surface area contributed by atoms with Gasteiger partial charge in [-0.25, -0.2) is 0 Å². The predicted molar refractivity (Wildman–Crippen MR) is 75.1 cm³/mol. The summed E-state index contributed by atoms with van der Waals surface area (Å²) in [5.74, 6) is 1.02. The molecule has 3 heteroatoms. The van der Waals surface area contributed by atoms with Crippen molar-refractivity contribution in [1.82, 2.24) is 4.98 Å². The third kappa shape index (κ3) is 2.76. The van der Waals surface area contributed by atoms with Crippen LogP contribution in [-0.4, -0.2) is 11.6 Å². The highest BCUT2D eigenvalue weighted by Crippen LogP contribution is 2.28. The Morgan fingerprint density at radius 3 is 2.89 bits per heavy atom. The number of ether oxygens (including phenoxy) is 1. The highest BCUT2D eigenvalue weighted by Gasteiger charge is 2.14. The fourth-order valence-corrected chi connectivity index (χ4v) is 2.48. The van der Waals surface area contributed by atoms with E-state index in [9.17, 15) is 0 Å². The molecule has 0 saturated carbocycles. The predicted octanol–water partition coefficient (Wildman–Crippen LogP) is 2.65. The number of hydrogen-bond donors (Lipinski definition) is 1. The molecule has 1 aliphatic rings. The fraction of sp³-hybridized carbons (Fsp3) is 0.312. The molecular formula is C16H18N2O. The van der Waals surface area contributed by atoms with Crippen LogP contribution in [0.2, 0.25) is 0 Å².